The number of carbonyl (C=O) groups excluding carboxylic acids is 2. The molecule has 1 heterocycles. The van der Waals surface area contributed by atoms with Gasteiger partial charge in [-0.25, -0.2) is 13.4 Å². The smallest absolute Gasteiger partial charge is 0.279 e. The number of amides is 2. The van der Waals surface area contributed by atoms with Crippen LogP contribution in [0, 0.1) is 0 Å². The van der Waals surface area contributed by atoms with Gasteiger partial charge in [0.25, 0.3) is 5.91 Å². The molecule has 1 aromatic heterocycles. The molecule has 3 rings (SSSR count). The van der Waals surface area contributed by atoms with Crippen molar-refractivity contribution in [1.29, 1.82) is 0 Å². The fourth-order valence-electron chi connectivity index (χ4n) is 3.47. The molecule has 0 spiro atoms. The lowest BCUT2D eigenvalue weighted by Gasteiger charge is -2.12. The molecule has 0 radical (unpaired) electrons. The summed E-state index contributed by atoms with van der Waals surface area (Å²) in [7, 11) is -1.96. The predicted molar refractivity (Wildman–Crippen MR) is 126 cm³/mol. The molecule has 0 atom stereocenters. The number of anilines is 1. The minimum atomic E-state index is -3.48. The van der Waals surface area contributed by atoms with Crippen LogP contribution in [0.15, 0.2) is 52.6 Å². The summed E-state index contributed by atoms with van der Waals surface area (Å²) in [6, 6.07) is 8.81. The largest absolute Gasteiger partial charge is 0.392 e. The third-order valence-corrected chi connectivity index (χ3v) is 7.16. The summed E-state index contributed by atoms with van der Waals surface area (Å²) in [6.07, 6.45) is 5.34. The van der Waals surface area contributed by atoms with E-state index in [0.29, 0.717) is 18.6 Å². The van der Waals surface area contributed by atoms with Gasteiger partial charge in [-0.1, -0.05) is 17.3 Å². The van der Waals surface area contributed by atoms with Gasteiger partial charge < -0.3 is 20.6 Å². The standard InChI is InChI=1S/C23H28N4O6S/c1-32-13-4-14-34(30,31)19-10-7-16(8-11-19)21(27-33-18-5-2-3-6-18)23(29)26-20-12-9-17(15-25-20)22(24)28/h7-12,15,18H,2-6,13-14H2,1H3,(H2,24,28)(H,25,26,29)/b27-21+. The summed E-state index contributed by atoms with van der Waals surface area (Å²) in [5.41, 5.74) is 5.79. The van der Waals surface area contributed by atoms with E-state index in [1.165, 1.54) is 49.7 Å². The van der Waals surface area contributed by atoms with Crippen molar-refractivity contribution in [1.82, 2.24) is 4.98 Å². The van der Waals surface area contributed by atoms with E-state index in [1.807, 2.05) is 0 Å². The maximum absolute atomic E-state index is 13.0. The molecule has 182 valence electrons. The summed E-state index contributed by atoms with van der Waals surface area (Å²) in [5, 5.41) is 6.72. The van der Waals surface area contributed by atoms with Crippen molar-refractivity contribution in [2.24, 2.45) is 10.9 Å². The molecule has 1 aromatic carbocycles. The summed E-state index contributed by atoms with van der Waals surface area (Å²) in [6.45, 7) is 0.348. The van der Waals surface area contributed by atoms with Gasteiger partial charge >= 0.3 is 0 Å². The highest BCUT2D eigenvalue weighted by molar-refractivity contribution is 7.91. The molecular weight excluding hydrogens is 460 g/mol. The highest BCUT2D eigenvalue weighted by atomic mass is 32.2. The first kappa shape index (κ1) is 25.3. The Hall–Kier alpha value is -3.31. The second kappa shape index (κ2) is 11.7. The molecule has 0 unspecified atom stereocenters. The normalized spacial score (nSPS) is 14.7. The molecule has 2 aromatic rings. The van der Waals surface area contributed by atoms with Crippen LogP contribution in [-0.2, 0) is 24.2 Å². The summed E-state index contributed by atoms with van der Waals surface area (Å²) < 4.78 is 29.9. The Morgan fingerprint density at radius 2 is 1.79 bits per heavy atom. The predicted octanol–water partition coefficient (Wildman–Crippen LogP) is 2.29. The van der Waals surface area contributed by atoms with Crippen LogP contribution in [0.4, 0.5) is 5.82 Å². The number of rotatable bonds is 11. The number of nitrogens with two attached hydrogens (primary N) is 1. The van der Waals surface area contributed by atoms with Gasteiger partial charge in [-0.3, -0.25) is 9.59 Å². The molecular formula is C23H28N4O6S. The zero-order chi connectivity index (χ0) is 24.6. The minimum absolute atomic E-state index is 0.0176. The van der Waals surface area contributed by atoms with Crippen molar-refractivity contribution in [2.45, 2.75) is 43.1 Å². The van der Waals surface area contributed by atoms with Crippen molar-refractivity contribution < 1.29 is 27.6 Å². The Labute approximate surface area is 198 Å². The van der Waals surface area contributed by atoms with Crippen LogP contribution >= 0.6 is 0 Å². The average Bonchev–Trinajstić information content (AvgIpc) is 3.34. The number of carbonyl (C=O) groups is 2. The van der Waals surface area contributed by atoms with Gasteiger partial charge in [-0.2, -0.15) is 0 Å². The first-order valence-electron chi connectivity index (χ1n) is 10.9. The van der Waals surface area contributed by atoms with Gasteiger partial charge in [-0.05, 0) is 56.4 Å². The number of methoxy groups -OCH3 is 1. The van der Waals surface area contributed by atoms with Crippen LogP contribution in [0.5, 0.6) is 0 Å². The van der Waals surface area contributed by atoms with Crippen LogP contribution in [0.25, 0.3) is 0 Å². The van der Waals surface area contributed by atoms with Crippen molar-refractivity contribution in [3.8, 4) is 0 Å². The number of pyridine rings is 1. The van der Waals surface area contributed by atoms with E-state index in [1.54, 1.807) is 0 Å². The fourth-order valence-corrected chi connectivity index (χ4v) is 4.75. The third kappa shape index (κ3) is 6.84. The number of primary amides is 1. The number of nitrogens with one attached hydrogen (secondary N) is 1. The molecule has 1 aliphatic rings. The van der Waals surface area contributed by atoms with Gasteiger partial charge in [0.15, 0.2) is 15.5 Å². The Morgan fingerprint density at radius 3 is 2.38 bits per heavy atom. The van der Waals surface area contributed by atoms with Crippen molar-refractivity contribution in [3.05, 3.63) is 53.7 Å². The number of aromatic nitrogens is 1. The third-order valence-electron chi connectivity index (χ3n) is 5.35. The molecule has 1 saturated carbocycles. The first-order chi connectivity index (χ1) is 16.3. The highest BCUT2D eigenvalue weighted by Gasteiger charge is 2.21. The lowest BCUT2D eigenvalue weighted by atomic mass is 10.1. The van der Waals surface area contributed by atoms with Crippen LogP contribution in [-0.4, -0.2) is 56.5 Å². The van der Waals surface area contributed by atoms with E-state index in [4.69, 9.17) is 15.3 Å². The first-order valence-corrected chi connectivity index (χ1v) is 12.6. The molecule has 0 bridgehead atoms. The van der Waals surface area contributed by atoms with E-state index in [9.17, 15) is 18.0 Å². The lowest BCUT2D eigenvalue weighted by Crippen LogP contribution is -2.25. The number of hydrogen-bond donors (Lipinski definition) is 2. The molecule has 2 amide bonds. The van der Waals surface area contributed by atoms with Gasteiger partial charge in [0.05, 0.1) is 16.2 Å². The Morgan fingerprint density at radius 1 is 1.12 bits per heavy atom. The summed E-state index contributed by atoms with van der Waals surface area (Å²) in [4.78, 5) is 34.0. The molecule has 10 nitrogen and oxygen atoms in total. The van der Waals surface area contributed by atoms with Crippen LogP contribution in [0.3, 0.4) is 0 Å². The zero-order valence-electron chi connectivity index (χ0n) is 18.9. The SMILES string of the molecule is COCCCS(=O)(=O)c1ccc(/C(=N\OC2CCCC2)C(=O)Nc2ccc(C(N)=O)cn2)cc1. The molecule has 0 aliphatic heterocycles. The summed E-state index contributed by atoms with van der Waals surface area (Å²) >= 11 is 0. The number of hydrogen-bond acceptors (Lipinski definition) is 8. The maximum atomic E-state index is 13.0. The van der Waals surface area contributed by atoms with Crippen molar-refractivity contribution in [2.75, 3.05) is 24.8 Å². The maximum Gasteiger partial charge on any atom is 0.279 e. The molecule has 3 N–H and O–H groups in total. The number of oxime groups is 1. The minimum Gasteiger partial charge on any atom is -0.392 e. The van der Waals surface area contributed by atoms with Crippen LogP contribution < -0.4 is 11.1 Å². The topological polar surface area (TPSA) is 150 Å². The second-order valence-electron chi connectivity index (χ2n) is 7.89. The number of nitrogens with zero attached hydrogens (tertiary/aromatic N) is 2. The molecule has 11 heteroatoms. The fraction of sp³-hybridized carbons (Fsp3) is 0.391. The van der Waals surface area contributed by atoms with E-state index >= 15 is 0 Å². The average molecular weight is 489 g/mol. The molecule has 1 aliphatic carbocycles. The van der Waals surface area contributed by atoms with Gasteiger partial charge in [0, 0.05) is 25.5 Å². The van der Waals surface area contributed by atoms with Crippen LogP contribution in [0.2, 0.25) is 0 Å². The van der Waals surface area contributed by atoms with Gasteiger partial charge in [0.1, 0.15) is 11.9 Å². The van der Waals surface area contributed by atoms with E-state index in [-0.39, 0.29) is 33.8 Å². The highest BCUT2D eigenvalue weighted by Crippen LogP contribution is 2.22. The van der Waals surface area contributed by atoms with Crippen molar-refractivity contribution >= 4 is 33.2 Å². The Balaban J connectivity index is 1.81. The van der Waals surface area contributed by atoms with Crippen molar-refractivity contribution in [3.63, 3.8) is 0 Å². The second-order valence-corrected chi connectivity index (χ2v) is 10.0. The number of sulfone groups is 1. The zero-order valence-corrected chi connectivity index (χ0v) is 19.7. The quantitative estimate of drug-likeness (QED) is 0.280. The van der Waals surface area contributed by atoms with E-state index < -0.39 is 21.7 Å². The lowest BCUT2D eigenvalue weighted by molar-refractivity contribution is -0.110. The molecule has 1 fully saturated rings. The molecule has 0 saturated heterocycles. The van der Waals surface area contributed by atoms with E-state index in [0.717, 1.165) is 25.7 Å². The summed E-state index contributed by atoms with van der Waals surface area (Å²) in [5.74, 6) is -1.07. The van der Waals surface area contributed by atoms with Gasteiger partial charge in [-0.15, -0.1) is 0 Å². The Bertz CT molecular complexity index is 1130. The number of benzene rings is 1. The Kier molecular flexibility index (Phi) is 8.72. The molecule has 34 heavy (non-hydrogen) atoms. The monoisotopic (exact) mass is 488 g/mol. The van der Waals surface area contributed by atoms with Crippen LogP contribution in [0.1, 0.15) is 48.0 Å². The number of ether oxygens (including phenoxy) is 1. The van der Waals surface area contributed by atoms with E-state index in [2.05, 4.69) is 15.5 Å². The van der Waals surface area contributed by atoms with Gasteiger partial charge in [0.2, 0.25) is 5.91 Å².